The standard InChI is InChI=1S/C64H74N4O8S2/c1-5-9-13-17-21-25-33-65-57(69)39-29-31-41-49-47(39)51(61(65)73)43-37-45(77-55(43)53(49)63(75)67(59(41)71)35-27-23-19-15-11-7-3)46-38-44-52-48-40(58(70)66(62(52)74)34-26-22-18-14-10-6-2)30-32-42-50(48)54(56(44)78-46)64(76)68(60(42)72)36-28-24-20-16-12-8-4/h29-32,37-38H,5-28,33-36H2,1-4H3. The summed E-state index contributed by atoms with van der Waals surface area (Å²) in [6.07, 6.45) is 23.2. The monoisotopic (exact) mass is 1090 g/mol. The van der Waals surface area contributed by atoms with Gasteiger partial charge in [-0.05, 0) is 62.1 Å². The van der Waals surface area contributed by atoms with E-state index < -0.39 is 47.3 Å². The molecule has 2 aromatic heterocycles. The number of imide groups is 4. The number of amides is 8. The first-order valence-electron chi connectivity index (χ1n) is 29.6. The van der Waals surface area contributed by atoms with Gasteiger partial charge in [0.2, 0.25) is 0 Å². The summed E-state index contributed by atoms with van der Waals surface area (Å²) >= 11 is 2.63. The first-order valence-corrected chi connectivity index (χ1v) is 31.2. The van der Waals surface area contributed by atoms with Gasteiger partial charge in [-0.1, -0.05) is 156 Å². The van der Waals surface area contributed by atoms with E-state index in [2.05, 4.69) is 27.7 Å². The molecule has 0 radical (unpaired) electrons. The molecule has 0 spiro atoms. The van der Waals surface area contributed by atoms with E-state index in [4.69, 9.17) is 0 Å². The number of hydrogen-bond acceptors (Lipinski definition) is 10. The van der Waals surface area contributed by atoms with E-state index in [1.165, 1.54) is 42.3 Å². The van der Waals surface area contributed by atoms with Gasteiger partial charge in [0, 0.05) is 99.9 Å². The van der Waals surface area contributed by atoms with E-state index in [-0.39, 0.29) is 70.7 Å². The molecule has 0 unspecified atom stereocenters. The molecule has 6 aromatic rings. The number of fused-ring (bicyclic) bond motifs is 6. The Balaban J connectivity index is 1.14. The summed E-state index contributed by atoms with van der Waals surface area (Å²) in [6.45, 7) is 9.57. The summed E-state index contributed by atoms with van der Waals surface area (Å²) in [4.78, 5) is 125. The zero-order valence-corrected chi connectivity index (χ0v) is 47.8. The highest BCUT2D eigenvalue weighted by atomic mass is 32.1. The zero-order chi connectivity index (χ0) is 54.8. The number of benzene rings is 4. The van der Waals surface area contributed by atoms with Gasteiger partial charge in [-0.25, -0.2) is 0 Å². The summed E-state index contributed by atoms with van der Waals surface area (Å²) in [7, 11) is 0. The molecular weight excluding hydrogens is 1020 g/mol. The fraction of sp³-hybridized carbons (Fsp3) is 0.500. The van der Waals surface area contributed by atoms with Crippen LogP contribution < -0.4 is 0 Å². The normalized spacial score (nSPS) is 15.2. The molecule has 12 nitrogen and oxygen atoms in total. The average molecular weight is 1090 g/mol. The predicted molar refractivity (Wildman–Crippen MR) is 313 cm³/mol. The molecule has 10 rings (SSSR count). The van der Waals surface area contributed by atoms with Crippen molar-refractivity contribution in [3.63, 3.8) is 0 Å². The number of nitrogens with zero attached hydrogens (tertiary/aromatic N) is 4. The van der Waals surface area contributed by atoms with Crippen LogP contribution in [0.25, 0.3) is 51.5 Å². The fourth-order valence-electron chi connectivity index (χ4n) is 12.6. The van der Waals surface area contributed by atoms with Crippen LogP contribution in [0, 0.1) is 0 Å². The van der Waals surface area contributed by atoms with Crippen molar-refractivity contribution in [3.05, 3.63) is 80.9 Å². The van der Waals surface area contributed by atoms with E-state index in [0.717, 1.165) is 128 Å². The third kappa shape index (κ3) is 9.81. The van der Waals surface area contributed by atoms with Crippen molar-refractivity contribution in [1.82, 2.24) is 19.6 Å². The van der Waals surface area contributed by atoms with Crippen LogP contribution in [-0.2, 0) is 0 Å². The smallest absolute Gasteiger partial charge is 0.262 e. The first-order chi connectivity index (χ1) is 38.0. The third-order valence-electron chi connectivity index (χ3n) is 16.8. The Morgan fingerprint density at radius 1 is 0.295 bits per heavy atom. The van der Waals surface area contributed by atoms with Crippen molar-refractivity contribution in [2.24, 2.45) is 0 Å². The van der Waals surface area contributed by atoms with E-state index in [1.54, 1.807) is 24.3 Å². The molecule has 14 heteroatoms. The maximum atomic E-state index is 15.1. The van der Waals surface area contributed by atoms with E-state index in [1.807, 2.05) is 12.1 Å². The molecule has 4 aromatic carbocycles. The topological polar surface area (TPSA) is 150 Å². The van der Waals surface area contributed by atoms with Gasteiger partial charge < -0.3 is 0 Å². The molecule has 4 aliphatic heterocycles. The lowest BCUT2D eigenvalue weighted by molar-refractivity contribution is 0.0588. The van der Waals surface area contributed by atoms with Gasteiger partial charge >= 0.3 is 0 Å². The third-order valence-corrected chi connectivity index (χ3v) is 19.3. The second-order valence-electron chi connectivity index (χ2n) is 22.1. The number of carbonyl (C=O) groups excluding carboxylic acids is 8. The maximum absolute atomic E-state index is 15.1. The second kappa shape index (κ2) is 24.1. The van der Waals surface area contributed by atoms with Crippen LogP contribution in [-0.4, -0.2) is 93.0 Å². The van der Waals surface area contributed by atoms with Crippen molar-refractivity contribution in [2.75, 3.05) is 26.2 Å². The van der Waals surface area contributed by atoms with Gasteiger partial charge in [-0.3, -0.25) is 58.0 Å². The van der Waals surface area contributed by atoms with Crippen molar-refractivity contribution in [3.8, 4) is 9.75 Å². The highest BCUT2D eigenvalue weighted by Crippen LogP contribution is 2.52. The Labute approximate surface area is 465 Å². The minimum Gasteiger partial charge on any atom is -0.274 e. The summed E-state index contributed by atoms with van der Waals surface area (Å²) < 4.78 is 1.04. The molecule has 4 aliphatic rings. The van der Waals surface area contributed by atoms with E-state index >= 15 is 19.2 Å². The Morgan fingerprint density at radius 3 is 0.795 bits per heavy atom. The Hall–Kier alpha value is -6.12. The Kier molecular flexibility index (Phi) is 17.0. The average Bonchev–Trinajstić information content (AvgIpc) is 4.17. The van der Waals surface area contributed by atoms with Crippen LogP contribution in [0.4, 0.5) is 0 Å². The number of carbonyl (C=O) groups is 8. The van der Waals surface area contributed by atoms with Gasteiger partial charge in [0.25, 0.3) is 47.3 Å². The summed E-state index contributed by atoms with van der Waals surface area (Å²) in [5, 5.41) is 2.31. The molecule has 8 amide bonds. The van der Waals surface area contributed by atoms with Crippen LogP contribution in [0.15, 0.2) is 36.4 Å². The molecule has 0 saturated heterocycles. The quantitative estimate of drug-likeness (QED) is 0.0333. The number of rotatable bonds is 29. The van der Waals surface area contributed by atoms with Crippen molar-refractivity contribution in [2.45, 2.75) is 182 Å². The van der Waals surface area contributed by atoms with E-state index in [0.29, 0.717) is 77.2 Å². The molecular formula is C64H74N4O8S2. The Morgan fingerprint density at radius 2 is 0.526 bits per heavy atom. The summed E-state index contributed by atoms with van der Waals surface area (Å²) in [5.74, 6) is -3.62. The fourth-order valence-corrected chi connectivity index (χ4v) is 15.1. The second-order valence-corrected chi connectivity index (χ2v) is 24.3. The highest BCUT2D eigenvalue weighted by molar-refractivity contribution is 7.29. The molecule has 0 N–H and O–H groups in total. The van der Waals surface area contributed by atoms with E-state index in [9.17, 15) is 19.2 Å². The molecule has 0 atom stereocenters. The molecule has 0 saturated carbocycles. The molecule has 0 fully saturated rings. The SMILES string of the molecule is CCCCCCCCN1C(=O)c2ccc3c4c(c5sc(-c6cc7c8c9c(ccc%10c9c(c7s6)C(=O)N(CCCCCCCC)C%10=O)C(=O)N(CCCCCCCC)C8=O)cc5c(c24)C1=O)C(=O)N(CCCCCCCC)C3=O. The predicted octanol–water partition coefficient (Wildman–Crippen LogP) is 15.9. The number of hydrogen-bond donors (Lipinski definition) is 0. The lowest BCUT2D eigenvalue weighted by Crippen LogP contribution is -2.44. The van der Waals surface area contributed by atoms with Gasteiger partial charge in [0.05, 0.1) is 22.3 Å². The van der Waals surface area contributed by atoms with Gasteiger partial charge in [0.15, 0.2) is 0 Å². The van der Waals surface area contributed by atoms with Crippen LogP contribution in [0.1, 0.15) is 265 Å². The largest absolute Gasteiger partial charge is 0.274 e. The molecule has 410 valence electrons. The van der Waals surface area contributed by atoms with Crippen LogP contribution >= 0.6 is 22.7 Å². The number of unbranched alkanes of at least 4 members (excludes halogenated alkanes) is 20. The summed E-state index contributed by atoms with van der Waals surface area (Å²) in [5.41, 5.74) is 2.27. The zero-order valence-electron chi connectivity index (χ0n) is 46.1. The van der Waals surface area contributed by atoms with Gasteiger partial charge in [-0.2, -0.15) is 0 Å². The maximum Gasteiger partial charge on any atom is 0.262 e. The van der Waals surface area contributed by atoms with Crippen LogP contribution in [0.3, 0.4) is 0 Å². The van der Waals surface area contributed by atoms with Crippen LogP contribution in [0.5, 0.6) is 0 Å². The Bertz CT molecular complexity index is 2980. The van der Waals surface area contributed by atoms with Gasteiger partial charge in [-0.15, -0.1) is 22.7 Å². The number of thiophene rings is 2. The highest BCUT2D eigenvalue weighted by Gasteiger charge is 2.45. The van der Waals surface area contributed by atoms with Gasteiger partial charge in [0.1, 0.15) is 0 Å². The molecule has 78 heavy (non-hydrogen) atoms. The summed E-state index contributed by atoms with van der Waals surface area (Å²) in [6, 6.07) is 10.4. The lowest BCUT2D eigenvalue weighted by atomic mass is 9.84. The minimum atomic E-state index is -0.466. The van der Waals surface area contributed by atoms with Crippen molar-refractivity contribution in [1.29, 1.82) is 0 Å². The first kappa shape index (κ1) is 55.2. The van der Waals surface area contributed by atoms with Crippen molar-refractivity contribution < 1.29 is 38.4 Å². The van der Waals surface area contributed by atoms with Crippen LogP contribution in [0.2, 0.25) is 0 Å². The lowest BCUT2D eigenvalue weighted by Gasteiger charge is -2.32. The van der Waals surface area contributed by atoms with Crippen molar-refractivity contribution >= 4 is 112 Å². The molecule has 0 bridgehead atoms. The molecule has 6 heterocycles. The molecule has 0 aliphatic carbocycles. The minimum absolute atomic E-state index is 0.231.